The molecule has 6 saturated heterocycles. The van der Waals surface area contributed by atoms with Crippen LogP contribution in [0.2, 0.25) is 0 Å². The maximum absolute atomic E-state index is 14.1. The molecule has 0 aromatic heterocycles. The molecule has 6 aliphatic heterocycles. The minimum absolute atomic E-state index is 0.113. The number of carboxylic acid groups (broad SMARTS) is 2. The number of hydrogen-bond acceptors (Lipinski definition) is 37. The molecule has 24 N–H and O–H groups in total. The molecule has 0 aromatic rings. The van der Waals surface area contributed by atoms with Crippen molar-refractivity contribution in [2.24, 2.45) is 5.92 Å². The third-order valence-electron chi connectivity index (χ3n) is 24.4. The van der Waals surface area contributed by atoms with E-state index < -0.39 is 308 Å². The summed E-state index contributed by atoms with van der Waals surface area (Å²) >= 11 is 0. The molecule has 6 heterocycles. The number of allylic oxidation sites excluding steroid dienone is 2. The number of nitrogens with one attached hydrogen (secondary N) is 3. The largest absolute Gasteiger partial charge is 0.477 e. The van der Waals surface area contributed by atoms with Gasteiger partial charge in [0.25, 0.3) is 11.6 Å². The predicted octanol–water partition coefficient (Wildman–Crippen LogP) is -2.78. The third-order valence-corrected chi connectivity index (χ3v) is 24.4. The number of aliphatic carboxylic acids is 2. The Hall–Kier alpha value is -4.48. The zero-order valence-electron chi connectivity index (χ0n) is 73.7. The van der Waals surface area contributed by atoms with Crippen LogP contribution in [0, 0.1) is 5.92 Å². The molecule has 6 fully saturated rings. The summed E-state index contributed by atoms with van der Waals surface area (Å²) < 4.78 is 72.8. The number of aliphatic hydroxyl groups is 19. The van der Waals surface area contributed by atoms with Gasteiger partial charge in [-0.1, -0.05) is 161 Å². The first-order valence-corrected chi connectivity index (χ1v) is 45.4. The lowest BCUT2D eigenvalue weighted by atomic mass is 9.86. The van der Waals surface area contributed by atoms with E-state index in [0.29, 0.717) is 12.8 Å². The Bertz CT molecular complexity index is 3200. The van der Waals surface area contributed by atoms with Gasteiger partial charge in [-0.2, -0.15) is 0 Å². The molecule has 42 heteroatoms. The molecule has 6 aliphatic rings. The van der Waals surface area contributed by atoms with Crippen LogP contribution in [0.15, 0.2) is 12.2 Å². The number of ketones is 1. The van der Waals surface area contributed by atoms with Crippen molar-refractivity contribution < 1.29 is 193 Å². The molecule has 738 valence electrons. The standard InChI is InChI=1S/C85H149N3O39/c1-6-8-10-12-14-16-18-20-21-23-25-27-29-31-33-35-60(103)88-50(51(98)34-32-30-28-26-24-22-19-17-15-13-11-9-7-2)45-116-79-68(109)67(108)72(58(43-93)119-79)122-81-70(111)77(127-85(83(114)115)38-53(100)62(87-48(5)97)75(125-85)64(105)55(102)40-90)73(59(44-94)120-81)123-78-49(36-46(3)95)71(65(106)56(41-91)117-78)121-80-69(110)76(66(107)57(42-92)118-80)126-84(82(112)113)37-52(99)61(86-47(4)96)74(124-84)63(104)54(101)39-89/h16,18,49-59,61-81,89-94,98-102,104-111H,6-15,17,19-45H2,1-5H3,(H,86,96)(H,87,97)(H,88,103)(H,112,113)(H,114,115)/b18-16-/t49-,50+,51-,52+,53+,54-,55-,56-,57-,58-,59-,61-,62-,63-,64-,65+,66+,67-,68-,69-,70-,71-,72-,73+,74?,75?,76+,77-,78+,79-,80+,81+,84+,85+/m1/s1. The fourth-order valence-electron chi connectivity index (χ4n) is 17.2. The number of hydrogen-bond donors (Lipinski definition) is 24. The summed E-state index contributed by atoms with van der Waals surface area (Å²) in [6.45, 7) is -0.577. The summed E-state index contributed by atoms with van der Waals surface area (Å²) in [6, 6.07) is -4.69. The molecule has 3 amide bonds. The van der Waals surface area contributed by atoms with Crippen LogP contribution >= 0.6 is 0 Å². The lowest BCUT2D eigenvalue weighted by molar-refractivity contribution is -0.408. The molecule has 34 atom stereocenters. The van der Waals surface area contributed by atoms with Gasteiger partial charge >= 0.3 is 11.9 Å². The average molecular weight is 1840 g/mol. The highest BCUT2D eigenvalue weighted by Gasteiger charge is 2.64. The molecule has 0 radical (unpaired) electrons. The molecule has 127 heavy (non-hydrogen) atoms. The smallest absolute Gasteiger partial charge is 0.364 e. The number of aliphatic hydroxyl groups excluding tert-OH is 19. The predicted molar refractivity (Wildman–Crippen MR) is 441 cm³/mol. The van der Waals surface area contributed by atoms with Crippen LogP contribution in [0.5, 0.6) is 0 Å². The second-order valence-corrected chi connectivity index (χ2v) is 34.6. The van der Waals surface area contributed by atoms with E-state index in [-0.39, 0.29) is 12.8 Å². The van der Waals surface area contributed by atoms with Crippen molar-refractivity contribution in [3.63, 3.8) is 0 Å². The fraction of sp³-hybridized carbons (Fsp3) is 0.906. The molecular formula is C85H149N3O39. The second kappa shape index (κ2) is 56.6. The molecular weight excluding hydrogens is 1690 g/mol. The zero-order valence-corrected chi connectivity index (χ0v) is 73.7. The fourth-order valence-corrected chi connectivity index (χ4v) is 17.2. The molecule has 0 aliphatic carbocycles. The molecule has 6 rings (SSSR count). The van der Waals surface area contributed by atoms with Crippen LogP contribution in [0.1, 0.15) is 234 Å². The third kappa shape index (κ3) is 32.7. The van der Waals surface area contributed by atoms with E-state index in [1.807, 2.05) is 0 Å². The van der Waals surface area contributed by atoms with Gasteiger partial charge in [0.15, 0.2) is 25.2 Å². The minimum atomic E-state index is -3.48. The van der Waals surface area contributed by atoms with Crippen LogP contribution in [-0.2, 0) is 85.6 Å². The summed E-state index contributed by atoms with van der Waals surface area (Å²) in [5, 5.41) is 245. The lowest BCUT2D eigenvalue weighted by Crippen LogP contribution is -2.71. The van der Waals surface area contributed by atoms with Crippen molar-refractivity contribution in [3.05, 3.63) is 12.2 Å². The Kier molecular flexibility index (Phi) is 49.6. The molecule has 42 nitrogen and oxygen atoms in total. The second-order valence-electron chi connectivity index (χ2n) is 34.6. The normalized spacial score (nSPS) is 35.1. The summed E-state index contributed by atoms with van der Waals surface area (Å²) in [4.78, 5) is 79.7. The number of unbranched alkanes of at least 4 members (excludes halogenated alkanes) is 23. The van der Waals surface area contributed by atoms with Gasteiger partial charge < -0.3 is 185 Å². The number of carbonyl (C=O) groups excluding carboxylic acids is 4. The highest BCUT2D eigenvalue weighted by molar-refractivity contribution is 5.78. The lowest BCUT2D eigenvalue weighted by Gasteiger charge is -2.53. The minimum Gasteiger partial charge on any atom is -0.477 e. The van der Waals surface area contributed by atoms with Crippen molar-refractivity contribution in [3.8, 4) is 0 Å². The van der Waals surface area contributed by atoms with Crippen LogP contribution in [-0.4, -0.2) is 390 Å². The summed E-state index contributed by atoms with van der Waals surface area (Å²) in [5.74, 6) is -16.1. The van der Waals surface area contributed by atoms with Gasteiger partial charge in [0.2, 0.25) is 17.7 Å². The highest BCUT2D eigenvalue weighted by atomic mass is 16.8. The van der Waals surface area contributed by atoms with E-state index in [1.165, 1.54) is 64.2 Å². The van der Waals surface area contributed by atoms with Gasteiger partial charge in [0.05, 0.1) is 88.8 Å². The van der Waals surface area contributed by atoms with Crippen molar-refractivity contribution in [1.82, 2.24) is 16.0 Å². The van der Waals surface area contributed by atoms with Crippen LogP contribution < -0.4 is 16.0 Å². The number of Topliss-reactive ketones (excluding diaryl/α,β-unsaturated/α-hetero) is 1. The van der Waals surface area contributed by atoms with Gasteiger partial charge in [-0.25, -0.2) is 9.59 Å². The summed E-state index contributed by atoms with van der Waals surface area (Å²) in [7, 11) is 0. The van der Waals surface area contributed by atoms with Crippen molar-refractivity contribution >= 4 is 35.4 Å². The molecule has 0 spiro atoms. The zero-order chi connectivity index (χ0) is 93.8. The first-order valence-electron chi connectivity index (χ1n) is 45.4. The quantitative estimate of drug-likeness (QED) is 0.0216. The van der Waals surface area contributed by atoms with Gasteiger partial charge in [-0.3, -0.25) is 14.4 Å². The van der Waals surface area contributed by atoms with E-state index in [2.05, 4.69) is 41.9 Å². The summed E-state index contributed by atoms with van der Waals surface area (Å²) in [6.07, 6.45) is -32.8. The van der Waals surface area contributed by atoms with Crippen LogP contribution in [0.3, 0.4) is 0 Å². The monoisotopic (exact) mass is 1840 g/mol. The Morgan fingerprint density at radius 2 is 0.811 bits per heavy atom. The highest BCUT2D eigenvalue weighted by Crippen LogP contribution is 2.44. The van der Waals surface area contributed by atoms with Gasteiger partial charge in [-0.05, 0) is 45.4 Å². The first-order chi connectivity index (χ1) is 60.6. The van der Waals surface area contributed by atoms with Gasteiger partial charge in [-0.15, -0.1) is 0 Å². The maximum atomic E-state index is 14.1. The van der Waals surface area contributed by atoms with Crippen molar-refractivity contribution in [2.75, 3.05) is 46.2 Å². The molecule has 0 saturated carbocycles. The number of amides is 3. The van der Waals surface area contributed by atoms with Crippen LogP contribution in [0.25, 0.3) is 0 Å². The Balaban J connectivity index is 1.30. The Labute approximate surface area is 740 Å². The molecule has 0 aromatic carbocycles. The van der Waals surface area contributed by atoms with E-state index in [1.54, 1.807) is 0 Å². The van der Waals surface area contributed by atoms with Gasteiger partial charge in [0.1, 0.15) is 128 Å². The number of carboxylic acids is 2. The molecule has 2 unspecified atom stereocenters. The Morgan fingerprint density at radius 1 is 0.425 bits per heavy atom. The van der Waals surface area contributed by atoms with E-state index in [9.17, 15) is 136 Å². The van der Waals surface area contributed by atoms with Crippen LogP contribution in [0.4, 0.5) is 0 Å². The number of ether oxygens (including phenoxy) is 12. The van der Waals surface area contributed by atoms with E-state index in [0.717, 1.165) is 111 Å². The van der Waals surface area contributed by atoms with E-state index in [4.69, 9.17) is 56.8 Å². The number of rotatable bonds is 60. The average Bonchev–Trinajstić information content (AvgIpc) is 0.752. The van der Waals surface area contributed by atoms with E-state index >= 15 is 0 Å². The van der Waals surface area contributed by atoms with Gasteiger partial charge in [0, 0.05) is 45.4 Å². The Morgan fingerprint density at radius 3 is 1.26 bits per heavy atom. The van der Waals surface area contributed by atoms with Crippen molar-refractivity contribution in [2.45, 2.75) is 435 Å². The SMILES string of the molecule is CCCCCC/C=C\CCCCCCCCCC(=O)N[C@@H](CO[C@@H]1O[C@H](CO)[C@@H](O[C@@H]2O[C@H](CO)[C@H](O[C@@H]3O[C@H](CO)[C@H](O)[C@H](O[C@@H]4O[C@H](CO)[C@H](O)[C@H](O[C@]5(C(=O)O)C[C@H](O)[C@@H](NC(C)=O)C([C@H](O)[C@H](O)CO)O5)[C@H]4O)[C@H]3CC(C)=O)[C@H](O[C@]3(C(=O)O)C[C@H](O)[C@@H](NC(C)=O)C([C@H](O)[C@H](O)CO)O3)[C@H]2O)[C@H](O)[C@H]1O)[C@H](O)CCCCCCCCCCCCCCC. The topological polar surface area (TPSA) is 674 Å². The van der Waals surface area contributed by atoms with Crippen molar-refractivity contribution in [1.29, 1.82) is 0 Å². The molecule has 0 bridgehead atoms. The maximum Gasteiger partial charge on any atom is 0.364 e. The number of carbonyl (C=O) groups is 6. The summed E-state index contributed by atoms with van der Waals surface area (Å²) in [5.41, 5.74) is 0. The first kappa shape index (κ1) is 111.